The standard InChI is InChI=1S/C9H12NO/c1-2-9(8-11)10-6-4-3-5-7-10/h8-9H,3-7H2. The van der Waals surface area contributed by atoms with Crippen LogP contribution in [0.3, 0.4) is 0 Å². The molecule has 0 N–H and O–H groups in total. The first-order chi connectivity index (χ1) is 5.38. The number of carbonyl (C=O) groups excluding carboxylic acids is 1. The van der Waals surface area contributed by atoms with Crippen molar-refractivity contribution in [3.8, 4) is 5.92 Å². The minimum absolute atomic E-state index is 0.393. The Balaban J connectivity index is 2.44. The van der Waals surface area contributed by atoms with Crippen molar-refractivity contribution in [2.75, 3.05) is 13.1 Å². The molecular weight excluding hydrogens is 138 g/mol. The second-order valence-corrected chi connectivity index (χ2v) is 2.82. The van der Waals surface area contributed by atoms with Crippen LogP contribution in [0.4, 0.5) is 0 Å². The SMILES string of the molecule is [C]#CC(C=O)N1CCCCC1. The topological polar surface area (TPSA) is 20.3 Å². The number of aldehydes is 1. The normalized spacial score (nSPS) is 22.1. The highest BCUT2D eigenvalue weighted by Gasteiger charge is 2.17. The molecule has 1 heterocycles. The summed E-state index contributed by atoms with van der Waals surface area (Å²) in [5, 5.41) is 0. The molecule has 0 aliphatic carbocycles. The average Bonchev–Trinajstić information content (AvgIpc) is 2.09. The van der Waals surface area contributed by atoms with E-state index in [2.05, 4.69) is 5.92 Å². The Morgan fingerprint density at radius 1 is 1.36 bits per heavy atom. The zero-order valence-electron chi connectivity index (χ0n) is 6.55. The van der Waals surface area contributed by atoms with Crippen LogP contribution in [-0.4, -0.2) is 30.3 Å². The van der Waals surface area contributed by atoms with Gasteiger partial charge in [-0.1, -0.05) is 12.3 Å². The smallest absolute Gasteiger partial charge is 0.149 e. The molecule has 1 saturated heterocycles. The summed E-state index contributed by atoms with van der Waals surface area (Å²) in [6.07, 6.45) is 11.2. The van der Waals surface area contributed by atoms with Gasteiger partial charge in [-0.25, -0.2) is 0 Å². The van der Waals surface area contributed by atoms with E-state index < -0.39 is 6.04 Å². The lowest BCUT2D eigenvalue weighted by Crippen LogP contribution is -2.39. The van der Waals surface area contributed by atoms with Crippen molar-refractivity contribution in [3.05, 3.63) is 6.42 Å². The van der Waals surface area contributed by atoms with Crippen molar-refractivity contribution in [2.45, 2.75) is 25.3 Å². The number of nitrogens with zero attached hydrogens (tertiary/aromatic N) is 1. The van der Waals surface area contributed by atoms with Crippen molar-refractivity contribution in [2.24, 2.45) is 0 Å². The highest BCUT2D eigenvalue weighted by atomic mass is 16.1. The Bertz CT molecular complexity index is 165. The molecule has 0 bridgehead atoms. The summed E-state index contributed by atoms with van der Waals surface area (Å²) in [6.45, 7) is 1.88. The lowest BCUT2D eigenvalue weighted by Gasteiger charge is -2.28. The summed E-state index contributed by atoms with van der Waals surface area (Å²) in [7, 11) is 0. The highest BCUT2D eigenvalue weighted by Crippen LogP contribution is 2.10. The summed E-state index contributed by atoms with van der Waals surface area (Å²) in [5.41, 5.74) is 0. The van der Waals surface area contributed by atoms with Crippen LogP contribution in [0.2, 0.25) is 0 Å². The van der Waals surface area contributed by atoms with Gasteiger partial charge in [-0.05, 0) is 32.4 Å². The van der Waals surface area contributed by atoms with Crippen LogP contribution in [0.15, 0.2) is 0 Å². The van der Waals surface area contributed by atoms with E-state index in [4.69, 9.17) is 6.42 Å². The van der Waals surface area contributed by atoms with Crippen LogP contribution in [0, 0.1) is 12.3 Å². The second kappa shape index (κ2) is 4.15. The number of rotatable bonds is 2. The van der Waals surface area contributed by atoms with Gasteiger partial charge in [-0.15, -0.1) is 0 Å². The van der Waals surface area contributed by atoms with Crippen LogP contribution in [0.25, 0.3) is 0 Å². The van der Waals surface area contributed by atoms with Gasteiger partial charge < -0.3 is 4.79 Å². The van der Waals surface area contributed by atoms with E-state index in [1.54, 1.807) is 0 Å². The van der Waals surface area contributed by atoms with Crippen molar-refractivity contribution in [1.29, 1.82) is 0 Å². The Hall–Kier alpha value is -0.810. The van der Waals surface area contributed by atoms with Crippen molar-refractivity contribution < 1.29 is 4.79 Å². The maximum absolute atomic E-state index is 10.4. The van der Waals surface area contributed by atoms with E-state index in [0.717, 1.165) is 32.2 Å². The van der Waals surface area contributed by atoms with E-state index in [-0.39, 0.29) is 0 Å². The highest BCUT2D eigenvalue weighted by molar-refractivity contribution is 5.62. The lowest BCUT2D eigenvalue weighted by molar-refractivity contribution is -0.111. The summed E-state index contributed by atoms with van der Waals surface area (Å²) >= 11 is 0. The quantitative estimate of drug-likeness (QED) is 0.425. The van der Waals surface area contributed by atoms with E-state index in [1.807, 2.05) is 4.90 Å². The fourth-order valence-electron chi connectivity index (χ4n) is 1.41. The third-order valence-electron chi connectivity index (χ3n) is 2.06. The molecule has 1 aliphatic heterocycles. The Morgan fingerprint density at radius 3 is 2.45 bits per heavy atom. The number of hydrogen-bond donors (Lipinski definition) is 0. The summed E-state index contributed by atoms with van der Waals surface area (Å²) in [4.78, 5) is 12.4. The van der Waals surface area contributed by atoms with Gasteiger partial charge in [0.25, 0.3) is 0 Å². The second-order valence-electron chi connectivity index (χ2n) is 2.82. The first kappa shape index (κ1) is 8.29. The molecule has 1 fully saturated rings. The number of piperidine rings is 1. The van der Waals surface area contributed by atoms with Crippen LogP contribution in [0.1, 0.15) is 19.3 Å². The van der Waals surface area contributed by atoms with Gasteiger partial charge in [-0.3, -0.25) is 4.90 Å². The fourth-order valence-corrected chi connectivity index (χ4v) is 1.41. The monoisotopic (exact) mass is 150 g/mol. The molecule has 0 saturated carbocycles. The Kier molecular flexibility index (Phi) is 3.13. The molecule has 59 valence electrons. The molecule has 1 aliphatic rings. The predicted octanol–water partition coefficient (Wildman–Crippen LogP) is 0.630. The van der Waals surface area contributed by atoms with E-state index in [0.29, 0.717) is 0 Å². The van der Waals surface area contributed by atoms with Crippen molar-refractivity contribution >= 4 is 6.29 Å². The van der Waals surface area contributed by atoms with Gasteiger partial charge in [-0.2, -0.15) is 0 Å². The fraction of sp³-hybridized carbons (Fsp3) is 0.667. The minimum Gasteiger partial charge on any atom is -0.301 e. The van der Waals surface area contributed by atoms with E-state index in [9.17, 15) is 4.79 Å². The van der Waals surface area contributed by atoms with Gasteiger partial charge in [0.05, 0.1) is 0 Å². The molecule has 2 nitrogen and oxygen atoms in total. The van der Waals surface area contributed by atoms with Crippen LogP contribution >= 0.6 is 0 Å². The molecule has 0 aromatic carbocycles. The van der Waals surface area contributed by atoms with Crippen LogP contribution in [0.5, 0.6) is 0 Å². The molecule has 1 radical (unpaired) electrons. The molecule has 1 atom stereocenters. The number of carbonyl (C=O) groups is 1. The molecule has 2 heteroatoms. The predicted molar refractivity (Wildman–Crippen MR) is 42.4 cm³/mol. The van der Waals surface area contributed by atoms with E-state index in [1.165, 1.54) is 6.42 Å². The Morgan fingerprint density at radius 2 is 2.00 bits per heavy atom. The van der Waals surface area contributed by atoms with Gasteiger partial charge in [0.2, 0.25) is 0 Å². The molecule has 0 aromatic rings. The van der Waals surface area contributed by atoms with Gasteiger partial charge >= 0.3 is 0 Å². The molecule has 0 spiro atoms. The summed E-state index contributed by atoms with van der Waals surface area (Å²) in [5.74, 6) is 2.23. The summed E-state index contributed by atoms with van der Waals surface area (Å²) < 4.78 is 0. The average molecular weight is 150 g/mol. The first-order valence-electron chi connectivity index (χ1n) is 4.00. The molecule has 0 aromatic heterocycles. The maximum Gasteiger partial charge on any atom is 0.149 e. The molecule has 11 heavy (non-hydrogen) atoms. The zero-order valence-corrected chi connectivity index (χ0v) is 6.55. The van der Waals surface area contributed by atoms with Crippen molar-refractivity contribution in [3.63, 3.8) is 0 Å². The van der Waals surface area contributed by atoms with Crippen LogP contribution < -0.4 is 0 Å². The Labute approximate surface area is 67.6 Å². The van der Waals surface area contributed by atoms with E-state index >= 15 is 0 Å². The zero-order chi connectivity index (χ0) is 8.10. The van der Waals surface area contributed by atoms with Gasteiger partial charge in [0.15, 0.2) is 0 Å². The number of hydrogen-bond acceptors (Lipinski definition) is 2. The molecule has 1 rings (SSSR count). The van der Waals surface area contributed by atoms with Crippen LogP contribution in [-0.2, 0) is 4.79 Å². The van der Waals surface area contributed by atoms with Crippen molar-refractivity contribution in [1.82, 2.24) is 4.90 Å². The minimum atomic E-state index is -0.393. The molecule has 1 unspecified atom stereocenters. The first-order valence-corrected chi connectivity index (χ1v) is 4.00. The third kappa shape index (κ3) is 2.06. The molecule has 0 amide bonds. The maximum atomic E-state index is 10.4. The molecular formula is C9H12NO. The third-order valence-corrected chi connectivity index (χ3v) is 2.06. The number of likely N-dealkylation sites (tertiary alicyclic amines) is 1. The summed E-state index contributed by atoms with van der Waals surface area (Å²) in [6, 6.07) is -0.393. The largest absolute Gasteiger partial charge is 0.301 e. The van der Waals surface area contributed by atoms with Gasteiger partial charge in [0.1, 0.15) is 12.3 Å². The van der Waals surface area contributed by atoms with Gasteiger partial charge in [0, 0.05) is 0 Å². The lowest BCUT2D eigenvalue weighted by atomic mass is 10.1.